The lowest BCUT2D eigenvalue weighted by Crippen LogP contribution is -2.13. The topological polar surface area (TPSA) is 79.8 Å². The maximum absolute atomic E-state index is 11.8. The maximum Gasteiger partial charge on any atom is 0.236 e. The van der Waals surface area contributed by atoms with Crippen molar-refractivity contribution in [2.75, 3.05) is 22.9 Å². The van der Waals surface area contributed by atoms with Crippen molar-refractivity contribution in [1.82, 2.24) is 15.2 Å². The Morgan fingerprint density at radius 3 is 2.86 bits per heavy atom. The van der Waals surface area contributed by atoms with Gasteiger partial charge in [-0.2, -0.15) is 0 Å². The molecule has 2 heterocycles. The SMILES string of the molecule is Cc1csc(NC(=O)CSc2nnc(NCC(C)C)s2)n1. The molecule has 114 valence electrons. The van der Waals surface area contributed by atoms with Gasteiger partial charge in [-0.25, -0.2) is 4.98 Å². The Balaban J connectivity index is 1.76. The van der Waals surface area contributed by atoms with Crippen LogP contribution < -0.4 is 10.6 Å². The molecule has 0 unspecified atom stereocenters. The van der Waals surface area contributed by atoms with E-state index in [4.69, 9.17) is 0 Å². The second-order valence-corrected chi connectivity index (χ2v) is 7.84. The van der Waals surface area contributed by atoms with Crippen LogP contribution in [0.5, 0.6) is 0 Å². The van der Waals surface area contributed by atoms with Gasteiger partial charge in [0.1, 0.15) is 0 Å². The number of carbonyl (C=O) groups is 1. The number of rotatable bonds is 7. The summed E-state index contributed by atoms with van der Waals surface area (Å²) in [7, 11) is 0. The molecule has 21 heavy (non-hydrogen) atoms. The molecule has 2 N–H and O–H groups in total. The fourth-order valence-electron chi connectivity index (χ4n) is 1.32. The summed E-state index contributed by atoms with van der Waals surface area (Å²) in [6, 6.07) is 0. The number of aryl methyl sites for hydroxylation is 1. The quantitative estimate of drug-likeness (QED) is 0.752. The van der Waals surface area contributed by atoms with Crippen LogP contribution in [-0.2, 0) is 4.79 Å². The minimum atomic E-state index is -0.0822. The smallest absolute Gasteiger partial charge is 0.236 e. The van der Waals surface area contributed by atoms with E-state index >= 15 is 0 Å². The Labute approximate surface area is 135 Å². The van der Waals surface area contributed by atoms with Crippen molar-refractivity contribution in [2.24, 2.45) is 5.92 Å². The molecule has 6 nitrogen and oxygen atoms in total. The van der Waals surface area contributed by atoms with Crippen LogP contribution in [0, 0.1) is 12.8 Å². The molecule has 0 aliphatic heterocycles. The lowest BCUT2D eigenvalue weighted by atomic mass is 10.2. The van der Waals surface area contributed by atoms with Crippen molar-refractivity contribution in [2.45, 2.75) is 25.1 Å². The number of anilines is 2. The van der Waals surface area contributed by atoms with E-state index in [-0.39, 0.29) is 5.91 Å². The van der Waals surface area contributed by atoms with Crippen molar-refractivity contribution < 1.29 is 4.79 Å². The van der Waals surface area contributed by atoms with Gasteiger partial charge in [0.2, 0.25) is 11.0 Å². The highest BCUT2D eigenvalue weighted by Gasteiger charge is 2.10. The second kappa shape index (κ2) is 7.71. The van der Waals surface area contributed by atoms with E-state index in [1.165, 1.54) is 34.4 Å². The molecule has 0 aromatic carbocycles. The zero-order valence-electron chi connectivity index (χ0n) is 12.0. The van der Waals surface area contributed by atoms with Crippen molar-refractivity contribution in [1.29, 1.82) is 0 Å². The normalized spacial score (nSPS) is 10.9. The number of nitrogens with zero attached hydrogens (tertiary/aromatic N) is 3. The Hall–Kier alpha value is -1.19. The molecule has 0 aliphatic carbocycles. The summed E-state index contributed by atoms with van der Waals surface area (Å²) in [5.74, 6) is 0.774. The third kappa shape index (κ3) is 5.60. The van der Waals surface area contributed by atoms with E-state index in [9.17, 15) is 4.79 Å². The van der Waals surface area contributed by atoms with Crippen LogP contribution in [0.2, 0.25) is 0 Å². The number of carbonyl (C=O) groups excluding carboxylic acids is 1. The van der Waals surface area contributed by atoms with Crippen LogP contribution >= 0.6 is 34.4 Å². The standard InChI is InChI=1S/C12H17N5OS3/c1-7(2)4-13-10-16-17-12(21-10)20-6-9(18)15-11-14-8(3)5-19-11/h5,7H,4,6H2,1-3H3,(H,13,16)(H,14,15,18). The van der Waals surface area contributed by atoms with E-state index in [1.54, 1.807) is 0 Å². The molecule has 0 saturated carbocycles. The van der Waals surface area contributed by atoms with Crippen molar-refractivity contribution in [3.05, 3.63) is 11.1 Å². The summed E-state index contributed by atoms with van der Waals surface area (Å²) in [6.45, 7) is 7.03. The van der Waals surface area contributed by atoms with Crippen LogP contribution in [0.4, 0.5) is 10.3 Å². The van der Waals surface area contributed by atoms with E-state index in [0.29, 0.717) is 16.8 Å². The first-order valence-corrected chi connectivity index (χ1v) is 9.13. The van der Waals surface area contributed by atoms with Crippen LogP contribution in [-0.4, -0.2) is 33.4 Å². The molecule has 0 saturated heterocycles. The third-order valence-electron chi connectivity index (χ3n) is 2.26. The Morgan fingerprint density at radius 1 is 1.38 bits per heavy atom. The monoisotopic (exact) mass is 343 g/mol. The summed E-state index contributed by atoms with van der Waals surface area (Å²) >= 11 is 4.27. The molecule has 0 bridgehead atoms. The Kier molecular flexibility index (Phi) is 5.95. The first kappa shape index (κ1) is 16.2. The minimum Gasteiger partial charge on any atom is -0.360 e. The predicted molar refractivity (Wildman–Crippen MR) is 89.4 cm³/mol. The molecule has 0 atom stereocenters. The van der Waals surface area contributed by atoms with E-state index in [0.717, 1.165) is 21.7 Å². The highest BCUT2D eigenvalue weighted by atomic mass is 32.2. The average molecular weight is 344 g/mol. The molecule has 2 aromatic heterocycles. The lowest BCUT2D eigenvalue weighted by molar-refractivity contribution is -0.113. The first-order chi connectivity index (χ1) is 10.0. The van der Waals surface area contributed by atoms with Gasteiger partial charge in [0, 0.05) is 11.9 Å². The third-order valence-corrected chi connectivity index (χ3v) is 5.15. The maximum atomic E-state index is 11.8. The minimum absolute atomic E-state index is 0.0822. The van der Waals surface area contributed by atoms with Crippen LogP contribution in [0.3, 0.4) is 0 Å². The van der Waals surface area contributed by atoms with E-state index in [2.05, 4.69) is 39.7 Å². The van der Waals surface area contributed by atoms with Crippen LogP contribution in [0.1, 0.15) is 19.5 Å². The molecular formula is C12H17N5OS3. The number of hydrogen-bond acceptors (Lipinski definition) is 8. The zero-order valence-corrected chi connectivity index (χ0v) is 14.5. The lowest BCUT2D eigenvalue weighted by Gasteiger charge is -2.03. The summed E-state index contributed by atoms with van der Waals surface area (Å²) in [4.78, 5) is 16.0. The van der Waals surface area contributed by atoms with Crippen LogP contribution in [0.25, 0.3) is 0 Å². The summed E-state index contributed by atoms with van der Waals surface area (Å²) in [5.41, 5.74) is 0.910. The van der Waals surface area contributed by atoms with E-state index in [1.807, 2.05) is 12.3 Å². The number of nitrogens with one attached hydrogen (secondary N) is 2. The van der Waals surface area contributed by atoms with Gasteiger partial charge in [0.25, 0.3) is 0 Å². The van der Waals surface area contributed by atoms with Crippen molar-refractivity contribution in [3.8, 4) is 0 Å². The number of aromatic nitrogens is 3. The Bertz CT molecular complexity index is 595. The van der Waals surface area contributed by atoms with Gasteiger partial charge >= 0.3 is 0 Å². The van der Waals surface area contributed by atoms with E-state index < -0.39 is 0 Å². The largest absolute Gasteiger partial charge is 0.360 e. The van der Waals surface area contributed by atoms with Gasteiger partial charge in [0.15, 0.2) is 9.47 Å². The highest BCUT2D eigenvalue weighted by Crippen LogP contribution is 2.25. The fraction of sp³-hybridized carbons (Fsp3) is 0.500. The van der Waals surface area contributed by atoms with Gasteiger partial charge in [-0.15, -0.1) is 21.5 Å². The van der Waals surface area contributed by atoms with Crippen molar-refractivity contribution >= 4 is 50.6 Å². The summed E-state index contributed by atoms with van der Waals surface area (Å²) in [5, 5.41) is 17.4. The summed E-state index contributed by atoms with van der Waals surface area (Å²) < 4.78 is 0.784. The second-order valence-electron chi connectivity index (χ2n) is 4.78. The number of thioether (sulfide) groups is 1. The fourth-order valence-corrected chi connectivity index (χ4v) is 3.59. The van der Waals surface area contributed by atoms with Crippen molar-refractivity contribution in [3.63, 3.8) is 0 Å². The highest BCUT2D eigenvalue weighted by molar-refractivity contribution is 8.01. The molecule has 9 heteroatoms. The molecule has 0 radical (unpaired) electrons. The molecule has 1 amide bonds. The molecule has 2 rings (SSSR count). The van der Waals surface area contributed by atoms with Gasteiger partial charge in [-0.1, -0.05) is 36.9 Å². The summed E-state index contributed by atoms with van der Waals surface area (Å²) in [6.07, 6.45) is 0. The number of amides is 1. The molecule has 0 aliphatic rings. The number of hydrogen-bond donors (Lipinski definition) is 2. The van der Waals surface area contributed by atoms with Gasteiger partial charge in [-0.3, -0.25) is 4.79 Å². The Morgan fingerprint density at radius 2 is 2.19 bits per heavy atom. The zero-order chi connectivity index (χ0) is 15.2. The molecule has 2 aromatic rings. The molecular weight excluding hydrogens is 326 g/mol. The van der Waals surface area contributed by atoms with Gasteiger partial charge in [0.05, 0.1) is 11.4 Å². The van der Waals surface area contributed by atoms with Gasteiger partial charge < -0.3 is 10.6 Å². The number of thiazole rings is 1. The molecule has 0 fully saturated rings. The average Bonchev–Trinajstić information content (AvgIpc) is 3.03. The first-order valence-electron chi connectivity index (χ1n) is 6.45. The van der Waals surface area contributed by atoms with Crippen LogP contribution in [0.15, 0.2) is 9.72 Å². The molecule has 0 spiro atoms. The predicted octanol–water partition coefficient (Wildman–Crippen LogP) is 3.10. The van der Waals surface area contributed by atoms with Gasteiger partial charge in [-0.05, 0) is 12.8 Å².